The highest BCUT2D eigenvalue weighted by molar-refractivity contribution is 7.08. The molecule has 3 aromatic rings. The second-order valence-electron chi connectivity index (χ2n) is 9.40. The fourth-order valence-corrected chi connectivity index (χ4v) is 6.10. The van der Waals surface area contributed by atoms with E-state index in [0.717, 1.165) is 30.5 Å². The Morgan fingerprint density at radius 1 is 1.09 bits per heavy atom. The first-order valence-electron chi connectivity index (χ1n) is 11.3. The van der Waals surface area contributed by atoms with Gasteiger partial charge in [-0.3, -0.25) is 14.2 Å². The van der Waals surface area contributed by atoms with E-state index in [4.69, 9.17) is 0 Å². The summed E-state index contributed by atoms with van der Waals surface area (Å²) >= 11 is 1.49. The lowest BCUT2D eigenvalue weighted by atomic mass is 9.83. The molecule has 0 aliphatic carbocycles. The molecule has 1 aromatic heterocycles. The van der Waals surface area contributed by atoms with E-state index in [2.05, 4.69) is 5.32 Å². The zero-order valence-corrected chi connectivity index (χ0v) is 19.7. The average Bonchev–Trinajstić information content (AvgIpc) is 3.54. The first kappa shape index (κ1) is 22.7. The summed E-state index contributed by atoms with van der Waals surface area (Å²) in [7, 11) is 2.03. The first-order valence-corrected chi connectivity index (χ1v) is 12.3. The summed E-state index contributed by atoms with van der Waals surface area (Å²) in [6, 6.07) is 13.7. The third kappa shape index (κ3) is 3.91. The molecule has 3 heterocycles. The summed E-state index contributed by atoms with van der Waals surface area (Å²) in [5, 5.41) is 6.88. The van der Waals surface area contributed by atoms with Crippen molar-refractivity contribution in [2.75, 3.05) is 26.7 Å². The Kier molecular flexibility index (Phi) is 5.73. The minimum absolute atomic E-state index is 0.0681. The molecule has 8 heteroatoms. The highest BCUT2D eigenvalue weighted by atomic mass is 32.1. The van der Waals surface area contributed by atoms with E-state index in [9.17, 15) is 18.4 Å². The number of hydrogen-bond acceptors (Lipinski definition) is 3. The molecule has 2 aliphatic rings. The Labute approximate surface area is 201 Å². The lowest BCUT2D eigenvalue weighted by Crippen LogP contribution is -2.59. The smallest absolute Gasteiger partial charge is 0.322 e. The van der Waals surface area contributed by atoms with Crippen LogP contribution in [0.5, 0.6) is 0 Å². The molecule has 5 nitrogen and oxygen atoms in total. The number of urea groups is 1. The standard InChI is InChI=1S/C26H25F2N3O2S/c1-31(15-23(32)18-12-14-34-16-18)13-2-3-24(31)30-17-26(29-25(30)33,19-4-8-21(27)9-5-19)20-6-10-22(28)11-7-20/h4-12,14,16,24H,2-3,13,15,17H2,1H3/p+1/t24?,31-/m1/s1. The zero-order valence-electron chi connectivity index (χ0n) is 18.8. The van der Waals surface area contributed by atoms with Crippen LogP contribution < -0.4 is 5.32 Å². The van der Waals surface area contributed by atoms with Gasteiger partial charge in [-0.1, -0.05) is 24.3 Å². The Balaban J connectivity index is 1.49. The van der Waals surface area contributed by atoms with Gasteiger partial charge >= 0.3 is 6.03 Å². The van der Waals surface area contributed by atoms with Crippen molar-refractivity contribution in [3.63, 3.8) is 0 Å². The van der Waals surface area contributed by atoms with Crippen LogP contribution in [0.25, 0.3) is 0 Å². The van der Waals surface area contributed by atoms with Crippen LogP contribution >= 0.6 is 11.3 Å². The molecule has 5 rings (SSSR count). The number of likely N-dealkylation sites (tertiary alicyclic amines) is 1. The van der Waals surface area contributed by atoms with Crippen LogP contribution in [0.2, 0.25) is 0 Å². The summed E-state index contributed by atoms with van der Waals surface area (Å²) < 4.78 is 27.9. The van der Waals surface area contributed by atoms with Gasteiger partial charge in [-0.25, -0.2) is 13.6 Å². The minimum atomic E-state index is -0.955. The third-order valence-electron chi connectivity index (χ3n) is 7.22. The van der Waals surface area contributed by atoms with Crippen LogP contribution in [0.4, 0.5) is 13.6 Å². The fourth-order valence-electron chi connectivity index (χ4n) is 5.44. The highest BCUT2D eigenvalue weighted by Crippen LogP contribution is 2.39. The molecule has 1 unspecified atom stereocenters. The fraction of sp³-hybridized carbons (Fsp3) is 0.308. The summed E-state index contributed by atoms with van der Waals surface area (Å²) in [6.07, 6.45) is 1.51. The molecule has 176 valence electrons. The second-order valence-corrected chi connectivity index (χ2v) is 10.2. The van der Waals surface area contributed by atoms with Gasteiger partial charge in [0, 0.05) is 23.8 Å². The Hall–Kier alpha value is -3.10. The van der Waals surface area contributed by atoms with Gasteiger partial charge in [-0.15, -0.1) is 0 Å². The number of nitrogens with one attached hydrogen (secondary N) is 1. The molecule has 0 spiro atoms. The maximum absolute atomic E-state index is 13.7. The van der Waals surface area contributed by atoms with Crippen molar-refractivity contribution in [3.8, 4) is 0 Å². The van der Waals surface area contributed by atoms with Gasteiger partial charge in [-0.05, 0) is 46.8 Å². The maximum atomic E-state index is 13.7. The SMILES string of the molecule is C[N@+]1(CC(=O)c2ccsc2)CCCC1N1CC(c2ccc(F)cc2)(c2ccc(F)cc2)NC1=O. The van der Waals surface area contributed by atoms with E-state index >= 15 is 0 Å². The van der Waals surface area contributed by atoms with Gasteiger partial charge in [0.15, 0.2) is 6.17 Å². The van der Waals surface area contributed by atoms with Crippen molar-refractivity contribution in [2.24, 2.45) is 0 Å². The predicted octanol–water partition coefficient (Wildman–Crippen LogP) is 4.74. The number of Topliss-reactive ketones (excluding diaryl/α,β-unsaturated/α-hetero) is 1. The Morgan fingerprint density at radius 3 is 2.26 bits per heavy atom. The van der Waals surface area contributed by atoms with Gasteiger partial charge in [-0.2, -0.15) is 11.3 Å². The van der Waals surface area contributed by atoms with Crippen LogP contribution in [-0.2, 0) is 5.54 Å². The van der Waals surface area contributed by atoms with E-state index in [1.807, 2.05) is 23.9 Å². The summed E-state index contributed by atoms with van der Waals surface area (Å²) in [4.78, 5) is 28.2. The highest BCUT2D eigenvalue weighted by Gasteiger charge is 2.53. The quantitative estimate of drug-likeness (QED) is 0.407. The zero-order chi connectivity index (χ0) is 23.9. The van der Waals surface area contributed by atoms with Crippen molar-refractivity contribution in [3.05, 3.63) is 93.7 Å². The molecule has 2 atom stereocenters. The lowest BCUT2D eigenvalue weighted by molar-refractivity contribution is -0.922. The second kappa shape index (κ2) is 8.60. The van der Waals surface area contributed by atoms with Crippen molar-refractivity contribution in [1.82, 2.24) is 10.2 Å². The van der Waals surface area contributed by atoms with Gasteiger partial charge in [0.05, 0.1) is 20.1 Å². The number of carbonyl (C=O) groups excluding carboxylic acids is 2. The van der Waals surface area contributed by atoms with Crippen LogP contribution in [0, 0.1) is 11.6 Å². The number of halogens is 2. The summed E-state index contributed by atoms with van der Waals surface area (Å²) in [5.74, 6) is -0.670. The monoisotopic (exact) mass is 482 g/mol. The van der Waals surface area contributed by atoms with Crippen molar-refractivity contribution in [2.45, 2.75) is 24.5 Å². The predicted molar refractivity (Wildman–Crippen MR) is 126 cm³/mol. The lowest BCUT2D eigenvalue weighted by Gasteiger charge is -2.40. The normalized spacial score (nSPS) is 23.8. The minimum Gasteiger partial charge on any atom is -0.322 e. The number of thiophene rings is 1. The van der Waals surface area contributed by atoms with Gasteiger partial charge in [0.25, 0.3) is 0 Å². The van der Waals surface area contributed by atoms with Crippen molar-refractivity contribution < 1.29 is 22.9 Å². The van der Waals surface area contributed by atoms with Crippen LogP contribution in [0.1, 0.15) is 34.3 Å². The van der Waals surface area contributed by atoms with Gasteiger partial charge in [0.2, 0.25) is 5.78 Å². The summed E-state index contributed by atoms with van der Waals surface area (Å²) in [6.45, 7) is 1.41. The molecule has 34 heavy (non-hydrogen) atoms. The van der Waals surface area contributed by atoms with E-state index in [1.165, 1.54) is 35.6 Å². The maximum Gasteiger partial charge on any atom is 0.323 e. The molecule has 2 aromatic carbocycles. The van der Waals surface area contributed by atoms with Crippen LogP contribution in [0.3, 0.4) is 0 Å². The number of carbonyl (C=O) groups is 2. The molecule has 0 bridgehead atoms. The average molecular weight is 483 g/mol. The number of hydrogen-bond donors (Lipinski definition) is 1. The Morgan fingerprint density at radius 2 is 1.71 bits per heavy atom. The number of amides is 2. The molecule has 0 radical (unpaired) electrons. The van der Waals surface area contributed by atoms with Crippen molar-refractivity contribution >= 4 is 23.2 Å². The molecular weight excluding hydrogens is 456 g/mol. The molecule has 2 saturated heterocycles. The topological polar surface area (TPSA) is 49.4 Å². The largest absolute Gasteiger partial charge is 0.323 e. The number of benzene rings is 2. The summed E-state index contributed by atoms with van der Waals surface area (Å²) in [5.41, 5.74) is 1.19. The van der Waals surface area contributed by atoms with E-state index in [-0.39, 0.29) is 29.6 Å². The molecule has 2 amide bonds. The molecule has 2 fully saturated rings. The molecule has 2 aliphatic heterocycles. The van der Waals surface area contributed by atoms with Crippen LogP contribution in [-0.4, -0.2) is 54.0 Å². The molecule has 1 N–H and O–H groups in total. The Bertz CT molecular complexity index is 1150. The van der Waals surface area contributed by atoms with Crippen LogP contribution in [0.15, 0.2) is 65.4 Å². The molecular formula is C26H26F2N3O2S+. The van der Waals surface area contributed by atoms with Gasteiger partial charge in [0.1, 0.15) is 23.7 Å². The van der Waals surface area contributed by atoms with E-state index in [0.29, 0.717) is 23.1 Å². The van der Waals surface area contributed by atoms with Crippen molar-refractivity contribution in [1.29, 1.82) is 0 Å². The van der Waals surface area contributed by atoms with E-state index < -0.39 is 5.54 Å². The number of quaternary nitrogens is 1. The molecule has 0 saturated carbocycles. The number of likely N-dealkylation sites (N-methyl/N-ethyl adjacent to an activating group) is 1. The van der Waals surface area contributed by atoms with Gasteiger partial charge < -0.3 is 5.32 Å². The van der Waals surface area contributed by atoms with E-state index in [1.54, 1.807) is 29.2 Å². The number of nitrogens with zero attached hydrogens (tertiary/aromatic N) is 2. The first-order chi connectivity index (χ1) is 16.3. The number of ketones is 1. The number of rotatable bonds is 6. The third-order valence-corrected chi connectivity index (χ3v) is 7.90.